The van der Waals surface area contributed by atoms with Crippen LogP contribution in [0.1, 0.15) is 93.4 Å². The minimum Gasteiger partial charge on any atom is -0.508 e. The van der Waals surface area contributed by atoms with Crippen molar-refractivity contribution in [3.63, 3.8) is 0 Å². The highest BCUT2D eigenvalue weighted by atomic mass is 16.3. The Kier molecular flexibility index (Phi) is 6.65. The Labute approximate surface area is 261 Å². The van der Waals surface area contributed by atoms with Crippen molar-refractivity contribution in [2.45, 2.75) is 99.0 Å². The second-order valence-corrected chi connectivity index (χ2v) is 16.5. The van der Waals surface area contributed by atoms with E-state index in [2.05, 4.69) is 51.3 Å². The topological polar surface area (TPSA) is 119 Å². The van der Waals surface area contributed by atoms with E-state index in [1.807, 2.05) is 26.0 Å². The van der Waals surface area contributed by atoms with Gasteiger partial charge < -0.3 is 15.7 Å². The Hall–Kier alpha value is -3.40. The third-order valence-corrected chi connectivity index (χ3v) is 13.3. The van der Waals surface area contributed by atoms with Crippen molar-refractivity contribution in [1.82, 2.24) is 5.32 Å². The maximum absolute atomic E-state index is 14.7. The molecular weight excluding hydrogens is 550 g/mol. The molecule has 1 aromatic rings. The molecular formula is C37H47N3O4. The third kappa shape index (κ3) is 4.16. The Morgan fingerprint density at radius 1 is 0.955 bits per heavy atom. The number of Topliss-reactive ketones (excluding diaryl/α,β-unsaturated/α-hetero) is 1. The lowest BCUT2D eigenvalue weighted by Crippen LogP contribution is -2.70. The van der Waals surface area contributed by atoms with Crippen molar-refractivity contribution in [1.29, 1.82) is 5.26 Å². The molecule has 3 fully saturated rings. The van der Waals surface area contributed by atoms with Gasteiger partial charge in [-0.15, -0.1) is 0 Å². The molecule has 3 saturated carbocycles. The lowest BCUT2D eigenvalue weighted by molar-refractivity contribution is -0.160. The number of phenolic OH excluding ortho intramolecular Hbond substituents is 1. The van der Waals surface area contributed by atoms with Crippen LogP contribution in [0.4, 0.5) is 10.5 Å². The van der Waals surface area contributed by atoms with Crippen LogP contribution in [0.5, 0.6) is 5.75 Å². The summed E-state index contributed by atoms with van der Waals surface area (Å²) in [5.74, 6) is -0.113. The maximum Gasteiger partial charge on any atom is 0.319 e. The van der Waals surface area contributed by atoms with Gasteiger partial charge in [-0.3, -0.25) is 9.59 Å². The van der Waals surface area contributed by atoms with Crippen molar-refractivity contribution < 1.29 is 19.5 Å². The number of benzene rings is 1. The third-order valence-electron chi connectivity index (χ3n) is 13.3. The summed E-state index contributed by atoms with van der Waals surface area (Å²) in [6, 6.07) is 8.34. The number of allylic oxidation sites excluding steroid dienone is 4. The summed E-state index contributed by atoms with van der Waals surface area (Å²) < 4.78 is 0. The molecule has 44 heavy (non-hydrogen) atoms. The molecule has 3 N–H and O–H groups in total. The molecule has 0 aromatic heterocycles. The highest BCUT2D eigenvalue weighted by Gasteiger charge is 2.70. The quantitative estimate of drug-likeness (QED) is 0.305. The standard InChI is InChI=1S/C37H47N3O4/c1-32(2)14-16-37(40-31(44)39-23-8-10-24(41)11-9-23)17-15-36(7)29(25(37)20-32)26(42)18-28-34(5)19-22(21-38)30(43)33(3,4)27(34)12-13-35(28,36)6/h8-11,18-19,25,27,29,41H,12-17,20H2,1-7H3,(H2,39,40,44)/t25-,27+,29+,34+,35-,36-,37+/m1/s1. The number of hydrogen-bond donors (Lipinski definition) is 3. The van der Waals surface area contributed by atoms with Gasteiger partial charge in [0.05, 0.1) is 5.57 Å². The van der Waals surface area contributed by atoms with Crippen LogP contribution in [0.25, 0.3) is 0 Å². The number of aromatic hydroxyl groups is 1. The number of anilines is 1. The second-order valence-electron chi connectivity index (χ2n) is 16.5. The fourth-order valence-corrected chi connectivity index (χ4v) is 10.8. The number of amides is 2. The fourth-order valence-electron chi connectivity index (χ4n) is 10.8. The number of phenols is 1. The first-order valence-corrected chi connectivity index (χ1v) is 16.3. The van der Waals surface area contributed by atoms with E-state index in [1.54, 1.807) is 24.3 Å². The summed E-state index contributed by atoms with van der Waals surface area (Å²) >= 11 is 0. The Morgan fingerprint density at radius 2 is 1.61 bits per heavy atom. The minimum absolute atomic E-state index is 0.00781. The van der Waals surface area contributed by atoms with Gasteiger partial charge >= 0.3 is 6.03 Å². The van der Waals surface area contributed by atoms with Crippen molar-refractivity contribution in [3.05, 3.63) is 47.6 Å². The molecule has 7 nitrogen and oxygen atoms in total. The minimum atomic E-state index is -0.693. The van der Waals surface area contributed by atoms with E-state index in [9.17, 15) is 24.8 Å². The van der Waals surface area contributed by atoms with Gasteiger partial charge in [0.25, 0.3) is 0 Å². The van der Waals surface area contributed by atoms with Crippen molar-refractivity contribution >= 4 is 23.3 Å². The first-order valence-electron chi connectivity index (χ1n) is 16.3. The number of nitrogens with one attached hydrogen (secondary N) is 2. The molecule has 234 valence electrons. The van der Waals surface area contributed by atoms with E-state index in [4.69, 9.17) is 0 Å². The van der Waals surface area contributed by atoms with Crippen LogP contribution in [0.15, 0.2) is 47.6 Å². The van der Waals surface area contributed by atoms with E-state index in [-0.39, 0.29) is 62.9 Å². The van der Waals surface area contributed by atoms with Crippen molar-refractivity contribution in [2.24, 2.45) is 44.8 Å². The number of nitriles is 1. The summed E-state index contributed by atoms with van der Waals surface area (Å²) in [5.41, 5.74) is -0.484. The number of urea groups is 1. The first-order chi connectivity index (χ1) is 20.4. The molecule has 0 radical (unpaired) electrons. The molecule has 5 aliphatic carbocycles. The molecule has 6 rings (SSSR count). The summed E-state index contributed by atoms with van der Waals surface area (Å²) in [6.07, 6.45) is 9.72. The Bertz CT molecular complexity index is 1550. The summed E-state index contributed by atoms with van der Waals surface area (Å²) in [4.78, 5) is 41.5. The predicted molar refractivity (Wildman–Crippen MR) is 169 cm³/mol. The Balaban J connectivity index is 1.42. The van der Waals surface area contributed by atoms with E-state index >= 15 is 0 Å². The zero-order chi connectivity index (χ0) is 32.1. The average molecular weight is 598 g/mol. The lowest BCUT2D eigenvalue weighted by Gasteiger charge is -2.69. The van der Waals surface area contributed by atoms with Crippen LogP contribution in [0, 0.1) is 56.2 Å². The number of rotatable bonds is 2. The van der Waals surface area contributed by atoms with Crippen LogP contribution in [-0.4, -0.2) is 28.2 Å². The van der Waals surface area contributed by atoms with Crippen LogP contribution < -0.4 is 10.6 Å². The summed E-state index contributed by atoms with van der Waals surface area (Å²) in [7, 11) is 0. The van der Waals surface area contributed by atoms with Crippen LogP contribution in [0.2, 0.25) is 0 Å². The molecule has 0 bridgehead atoms. The molecule has 2 amide bonds. The smallest absolute Gasteiger partial charge is 0.319 e. The number of hydrogen-bond acceptors (Lipinski definition) is 5. The van der Waals surface area contributed by atoms with Crippen LogP contribution >= 0.6 is 0 Å². The monoisotopic (exact) mass is 597 g/mol. The van der Waals surface area contributed by atoms with Gasteiger partial charge in [-0.05, 0) is 103 Å². The molecule has 7 heteroatoms. The fraction of sp³-hybridized carbons (Fsp3) is 0.622. The predicted octanol–water partition coefficient (Wildman–Crippen LogP) is 7.49. The average Bonchev–Trinajstić information content (AvgIpc) is 2.94. The van der Waals surface area contributed by atoms with Gasteiger partial charge in [-0.25, -0.2) is 4.79 Å². The van der Waals surface area contributed by atoms with E-state index < -0.39 is 16.4 Å². The van der Waals surface area contributed by atoms with Gasteiger partial charge in [0, 0.05) is 28.0 Å². The normalized spacial score (nSPS) is 40.1. The zero-order valence-corrected chi connectivity index (χ0v) is 27.3. The van der Waals surface area contributed by atoms with Gasteiger partial charge in [0.15, 0.2) is 11.6 Å². The molecule has 0 unspecified atom stereocenters. The van der Waals surface area contributed by atoms with E-state index in [0.29, 0.717) is 5.69 Å². The highest BCUT2D eigenvalue weighted by Crippen LogP contribution is 2.73. The SMILES string of the molecule is CC1(C)CC[C@]2(NC(=O)Nc3ccc(O)cc3)CC[C@]3(C)[C@H](C(=O)C=C4[C@@]5(C)C=C(C#N)C(=O)C(C)(C)[C@@H]5CC[C@]43C)[C@H]2C1. The van der Waals surface area contributed by atoms with Gasteiger partial charge in [0.2, 0.25) is 0 Å². The second kappa shape index (κ2) is 9.55. The van der Waals surface area contributed by atoms with E-state index in [0.717, 1.165) is 50.5 Å². The van der Waals surface area contributed by atoms with Crippen LogP contribution in [-0.2, 0) is 9.59 Å². The number of carbonyl (C=O) groups excluding carboxylic acids is 3. The van der Waals surface area contributed by atoms with Crippen LogP contribution in [0.3, 0.4) is 0 Å². The van der Waals surface area contributed by atoms with Gasteiger partial charge in [-0.2, -0.15) is 5.26 Å². The molecule has 5 aliphatic rings. The molecule has 0 heterocycles. The molecule has 0 saturated heterocycles. The largest absolute Gasteiger partial charge is 0.508 e. The number of ketones is 2. The Morgan fingerprint density at radius 3 is 2.27 bits per heavy atom. The van der Waals surface area contributed by atoms with Gasteiger partial charge in [-0.1, -0.05) is 60.1 Å². The number of nitrogens with zero attached hydrogens (tertiary/aromatic N) is 1. The molecule has 0 aliphatic heterocycles. The highest BCUT2D eigenvalue weighted by molar-refractivity contribution is 6.04. The zero-order valence-electron chi connectivity index (χ0n) is 27.3. The van der Waals surface area contributed by atoms with E-state index in [1.165, 1.54) is 0 Å². The number of carbonyl (C=O) groups is 3. The maximum atomic E-state index is 14.7. The van der Waals surface area contributed by atoms with Gasteiger partial charge in [0.1, 0.15) is 11.8 Å². The summed E-state index contributed by atoms with van der Waals surface area (Å²) in [5, 5.41) is 26.0. The summed E-state index contributed by atoms with van der Waals surface area (Å²) in [6.45, 7) is 15.3. The van der Waals surface area contributed by atoms with Crippen molar-refractivity contribution in [2.75, 3.05) is 5.32 Å². The molecule has 7 atom stereocenters. The first kappa shape index (κ1) is 30.6. The lowest BCUT2D eigenvalue weighted by atomic mass is 9.35. The molecule has 0 spiro atoms. The molecule has 1 aromatic carbocycles. The number of fused-ring (bicyclic) bond motifs is 7. The van der Waals surface area contributed by atoms with Crippen molar-refractivity contribution in [3.8, 4) is 11.8 Å².